The zero-order valence-electron chi connectivity index (χ0n) is 11.8. The maximum absolute atomic E-state index is 12.1. The third-order valence-electron chi connectivity index (χ3n) is 3.79. The zero-order valence-corrected chi connectivity index (χ0v) is 12.6. The molecule has 21 heavy (non-hydrogen) atoms. The summed E-state index contributed by atoms with van der Waals surface area (Å²) in [7, 11) is -3.26. The molecule has 0 aliphatic carbocycles. The lowest BCUT2D eigenvalue weighted by atomic mass is 10.0. The molecule has 2 aliphatic heterocycles. The predicted molar refractivity (Wildman–Crippen MR) is 78.8 cm³/mol. The predicted octanol–water partition coefficient (Wildman–Crippen LogP) is 0.834. The Hall–Kier alpha value is -1.31. The van der Waals surface area contributed by atoms with Gasteiger partial charge in [0.05, 0.1) is 5.75 Å². The highest BCUT2D eigenvalue weighted by Crippen LogP contribution is 2.32. The molecule has 1 unspecified atom stereocenters. The molecule has 2 aliphatic rings. The molecule has 2 heterocycles. The van der Waals surface area contributed by atoms with Crippen LogP contribution in [0.4, 0.5) is 0 Å². The maximum atomic E-state index is 12.1. The molecule has 3 rings (SSSR count). The zero-order chi connectivity index (χ0) is 14.7. The molecular formula is C14H20N2O4S. The largest absolute Gasteiger partial charge is 0.454 e. The van der Waals surface area contributed by atoms with E-state index < -0.39 is 10.0 Å². The first-order valence-electron chi connectivity index (χ1n) is 7.19. The Morgan fingerprint density at radius 1 is 1.29 bits per heavy atom. The van der Waals surface area contributed by atoms with Crippen LogP contribution in [0.1, 0.15) is 18.4 Å². The standard InChI is InChI=1S/C14H20N2O4S/c17-21(18,9-12-2-1-5-15-7-12)16-8-11-3-4-13-14(6-11)20-10-19-13/h3-4,6,12,15-16H,1-2,5,7-10H2. The molecule has 1 aromatic carbocycles. The number of sulfonamides is 1. The Bertz CT molecular complexity index is 597. The van der Waals surface area contributed by atoms with Crippen LogP contribution >= 0.6 is 0 Å². The minimum absolute atomic E-state index is 0.185. The first-order chi connectivity index (χ1) is 10.1. The molecule has 1 saturated heterocycles. The first-order valence-corrected chi connectivity index (χ1v) is 8.84. The van der Waals surface area contributed by atoms with Gasteiger partial charge in [0, 0.05) is 6.54 Å². The first kappa shape index (κ1) is 14.6. The van der Waals surface area contributed by atoms with Crippen molar-refractivity contribution in [2.24, 2.45) is 5.92 Å². The van der Waals surface area contributed by atoms with E-state index in [9.17, 15) is 8.42 Å². The molecule has 1 fully saturated rings. The topological polar surface area (TPSA) is 76.7 Å². The van der Waals surface area contributed by atoms with Gasteiger partial charge in [-0.05, 0) is 49.5 Å². The van der Waals surface area contributed by atoms with Crippen molar-refractivity contribution in [1.29, 1.82) is 0 Å². The van der Waals surface area contributed by atoms with Crippen LogP contribution in [0.5, 0.6) is 11.5 Å². The van der Waals surface area contributed by atoms with Crippen LogP contribution in [0.25, 0.3) is 0 Å². The van der Waals surface area contributed by atoms with E-state index in [4.69, 9.17) is 9.47 Å². The van der Waals surface area contributed by atoms with Crippen LogP contribution in [-0.4, -0.2) is 34.1 Å². The van der Waals surface area contributed by atoms with Crippen LogP contribution in [0.2, 0.25) is 0 Å². The van der Waals surface area contributed by atoms with E-state index in [0.717, 1.165) is 31.5 Å². The lowest BCUT2D eigenvalue weighted by Gasteiger charge is -2.22. The van der Waals surface area contributed by atoms with Crippen molar-refractivity contribution in [2.45, 2.75) is 19.4 Å². The average molecular weight is 312 g/mol. The molecule has 0 amide bonds. The number of fused-ring (bicyclic) bond motifs is 1. The molecule has 6 nitrogen and oxygen atoms in total. The van der Waals surface area contributed by atoms with Crippen molar-refractivity contribution in [3.8, 4) is 11.5 Å². The number of nitrogens with one attached hydrogen (secondary N) is 2. The van der Waals surface area contributed by atoms with E-state index in [1.54, 1.807) is 6.07 Å². The maximum Gasteiger partial charge on any atom is 0.231 e. The summed E-state index contributed by atoms with van der Waals surface area (Å²) in [5.41, 5.74) is 0.865. The summed E-state index contributed by atoms with van der Waals surface area (Å²) >= 11 is 0. The van der Waals surface area contributed by atoms with E-state index in [2.05, 4.69) is 10.0 Å². The summed E-state index contributed by atoms with van der Waals surface area (Å²) in [5.74, 6) is 1.76. The van der Waals surface area contributed by atoms with Gasteiger partial charge in [-0.25, -0.2) is 13.1 Å². The molecule has 0 bridgehead atoms. The molecule has 2 N–H and O–H groups in total. The van der Waals surface area contributed by atoms with Crippen molar-refractivity contribution < 1.29 is 17.9 Å². The quantitative estimate of drug-likeness (QED) is 0.842. The number of benzene rings is 1. The van der Waals surface area contributed by atoms with Crippen molar-refractivity contribution in [1.82, 2.24) is 10.0 Å². The molecule has 0 radical (unpaired) electrons. The summed E-state index contributed by atoms with van der Waals surface area (Å²) in [6.45, 7) is 2.27. The Morgan fingerprint density at radius 3 is 2.95 bits per heavy atom. The number of piperidine rings is 1. The van der Waals surface area contributed by atoms with Crippen LogP contribution in [-0.2, 0) is 16.6 Å². The minimum atomic E-state index is -3.26. The smallest absolute Gasteiger partial charge is 0.231 e. The second-order valence-corrected chi connectivity index (χ2v) is 7.35. The van der Waals surface area contributed by atoms with Crippen molar-refractivity contribution in [2.75, 3.05) is 25.6 Å². The Labute approximate surface area is 124 Å². The molecule has 0 spiro atoms. The van der Waals surface area contributed by atoms with Crippen LogP contribution in [0.15, 0.2) is 18.2 Å². The minimum Gasteiger partial charge on any atom is -0.454 e. The van der Waals surface area contributed by atoms with Crippen molar-refractivity contribution in [3.05, 3.63) is 23.8 Å². The molecule has 116 valence electrons. The third-order valence-corrected chi connectivity index (χ3v) is 5.28. The van der Waals surface area contributed by atoms with E-state index in [-0.39, 0.29) is 25.0 Å². The molecule has 0 saturated carbocycles. The summed E-state index contributed by atoms with van der Waals surface area (Å²) in [5, 5.41) is 3.24. The normalized spacial score (nSPS) is 21.4. The van der Waals surface area contributed by atoms with Gasteiger partial charge in [0.1, 0.15) is 0 Å². The number of rotatable bonds is 5. The summed E-state index contributed by atoms with van der Waals surface area (Å²) < 4.78 is 37.4. The highest BCUT2D eigenvalue weighted by molar-refractivity contribution is 7.89. The van der Waals surface area contributed by atoms with Crippen LogP contribution < -0.4 is 19.5 Å². The average Bonchev–Trinajstić information content (AvgIpc) is 2.93. The lowest BCUT2D eigenvalue weighted by Crippen LogP contribution is -2.37. The van der Waals surface area contributed by atoms with Gasteiger partial charge in [0.25, 0.3) is 0 Å². The number of ether oxygens (including phenoxy) is 2. The fraction of sp³-hybridized carbons (Fsp3) is 0.571. The van der Waals surface area contributed by atoms with E-state index in [0.29, 0.717) is 11.5 Å². The second kappa shape index (κ2) is 6.21. The summed E-state index contributed by atoms with van der Waals surface area (Å²) in [6.07, 6.45) is 2.01. The third kappa shape index (κ3) is 3.87. The van der Waals surface area contributed by atoms with Gasteiger partial charge < -0.3 is 14.8 Å². The van der Waals surface area contributed by atoms with E-state index in [1.165, 1.54) is 0 Å². The van der Waals surface area contributed by atoms with Crippen LogP contribution in [0, 0.1) is 5.92 Å². The van der Waals surface area contributed by atoms with E-state index in [1.807, 2.05) is 12.1 Å². The van der Waals surface area contributed by atoms with Gasteiger partial charge in [-0.2, -0.15) is 0 Å². The monoisotopic (exact) mass is 312 g/mol. The van der Waals surface area contributed by atoms with Gasteiger partial charge >= 0.3 is 0 Å². The SMILES string of the molecule is O=S(=O)(CC1CCCNC1)NCc1ccc2c(c1)OCO2. The van der Waals surface area contributed by atoms with E-state index >= 15 is 0 Å². The van der Waals surface area contributed by atoms with Gasteiger partial charge in [0.15, 0.2) is 11.5 Å². The lowest BCUT2D eigenvalue weighted by molar-refractivity contribution is 0.174. The molecule has 1 aromatic rings. The number of hydrogen-bond donors (Lipinski definition) is 2. The second-order valence-electron chi connectivity index (χ2n) is 5.50. The Morgan fingerprint density at radius 2 is 2.14 bits per heavy atom. The number of hydrogen-bond acceptors (Lipinski definition) is 5. The molecule has 1 atom stereocenters. The summed E-state index contributed by atoms with van der Waals surface area (Å²) in [4.78, 5) is 0. The van der Waals surface area contributed by atoms with Gasteiger partial charge in [-0.3, -0.25) is 0 Å². The van der Waals surface area contributed by atoms with Gasteiger partial charge in [0.2, 0.25) is 16.8 Å². The van der Waals surface area contributed by atoms with Crippen LogP contribution in [0.3, 0.4) is 0 Å². The fourth-order valence-electron chi connectivity index (χ4n) is 2.68. The Kier molecular flexibility index (Phi) is 4.32. The molecule has 7 heteroatoms. The molecule has 0 aromatic heterocycles. The van der Waals surface area contributed by atoms with Gasteiger partial charge in [-0.1, -0.05) is 6.07 Å². The van der Waals surface area contributed by atoms with Crippen molar-refractivity contribution >= 4 is 10.0 Å². The Balaban J connectivity index is 1.56. The fourth-order valence-corrected chi connectivity index (χ4v) is 4.09. The molecular weight excluding hydrogens is 292 g/mol. The highest BCUT2D eigenvalue weighted by atomic mass is 32.2. The van der Waals surface area contributed by atoms with Gasteiger partial charge in [-0.15, -0.1) is 0 Å². The van der Waals surface area contributed by atoms with Crippen molar-refractivity contribution in [3.63, 3.8) is 0 Å². The highest BCUT2D eigenvalue weighted by Gasteiger charge is 2.21. The summed E-state index contributed by atoms with van der Waals surface area (Å²) in [6, 6.07) is 5.46.